The third-order valence-electron chi connectivity index (χ3n) is 4.43. The van der Waals surface area contributed by atoms with Crippen molar-refractivity contribution in [2.75, 3.05) is 6.54 Å². The molecule has 146 valence electrons. The smallest absolute Gasteiger partial charge is 0.352 e. The average Bonchev–Trinajstić information content (AvgIpc) is 3.40. The summed E-state index contributed by atoms with van der Waals surface area (Å²) in [6.07, 6.45) is 1.85. The molecule has 0 saturated heterocycles. The van der Waals surface area contributed by atoms with Crippen molar-refractivity contribution in [3.05, 3.63) is 54.7 Å². The van der Waals surface area contributed by atoms with Gasteiger partial charge in [0.2, 0.25) is 11.7 Å². The van der Waals surface area contributed by atoms with E-state index in [0.717, 1.165) is 22.4 Å². The Morgan fingerprint density at radius 1 is 1.21 bits per heavy atom. The van der Waals surface area contributed by atoms with Crippen LogP contribution in [-0.4, -0.2) is 31.2 Å². The molecule has 0 aromatic carbocycles. The fourth-order valence-corrected chi connectivity index (χ4v) is 4.55. The van der Waals surface area contributed by atoms with E-state index in [1.165, 1.54) is 31.6 Å². The van der Waals surface area contributed by atoms with Gasteiger partial charge in [0.25, 0.3) is 5.56 Å². The predicted molar refractivity (Wildman–Crippen MR) is 110 cm³/mol. The van der Waals surface area contributed by atoms with Crippen LogP contribution in [-0.2, 0) is 17.9 Å². The maximum atomic E-state index is 13.0. The molecule has 4 heterocycles. The predicted octanol–water partition coefficient (Wildman–Crippen LogP) is 1.90. The summed E-state index contributed by atoms with van der Waals surface area (Å²) in [5.41, 5.74) is -0.0884. The maximum absolute atomic E-state index is 13.0. The fraction of sp³-hybridized carbons (Fsp3) is 0.333. The number of hydrogen-bond donors (Lipinski definition) is 1. The Bertz CT molecular complexity index is 1250. The summed E-state index contributed by atoms with van der Waals surface area (Å²) in [5, 5.41) is 10.8. The minimum atomic E-state index is -0.427. The zero-order valence-electron chi connectivity index (χ0n) is 15.3. The second-order valence-electron chi connectivity index (χ2n) is 6.38. The summed E-state index contributed by atoms with van der Waals surface area (Å²) in [6.45, 7) is 2.75. The number of aromatic nitrogens is 4. The first-order valence-electron chi connectivity index (χ1n) is 8.98. The van der Waals surface area contributed by atoms with E-state index in [0.29, 0.717) is 23.3 Å². The van der Waals surface area contributed by atoms with Gasteiger partial charge in [-0.15, -0.1) is 27.8 Å². The van der Waals surface area contributed by atoms with E-state index in [1.807, 2.05) is 24.4 Å². The fourth-order valence-electron chi connectivity index (χ4n) is 3.03. The van der Waals surface area contributed by atoms with Crippen molar-refractivity contribution in [1.29, 1.82) is 0 Å². The first kappa shape index (κ1) is 18.6. The third kappa shape index (κ3) is 3.29. The van der Waals surface area contributed by atoms with Crippen molar-refractivity contribution in [2.45, 2.75) is 32.9 Å². The molecule has 4 aromatic heterocycles. The van der Waals surface area contributed by atoms with Gasteiger partial charge in [0, 0.05) is 11.4 Å². The van der Waals surface area contributed by atoms with Crippen LogP contribution in [0.15, 0.2) is 38.5 Å². The Balaban J connectivity index is 1.82. The number of nitrogens with zero attached hydrogens (tertiary/aromatic N) is 4. The molecule has 28 heavy (non-hydrogen) atoms. The molecule has 0 fully saturated rings. The lowest BCUT2D eigenvalue weighted by Crippen LogP contribution is -2.33. The van der Waals surface area contributed by atoms with Crippen molar-refractivity contribution in [2.24, 2.45) is 0 Å². The second-order valence-corrected chi connectivity index (χ2v) is 8.33. The van der Waals surface area contributed by atoms with E-state index in [-0.39, 0.29) is 23.8 Å². The van der Waals surface area contributed by atoms with Gasteiger partial charge in [-0.25, -0.2) is 13.9 Å². The Morgan fingerprint density at radius 2 is 2.07 bits per heavy atom. The summed E-state index contributed by atoms with van der Waals surface area (Å²) >= 11 is 2.83. The SMILES string of the molecule is CCCCNC(=O)Cn1nc2n(Cc3cccs3)c(=O)c3sccc3n2c1=O. The minimum absolute atomic E-state index is 0.178. The summed E-state index contributed by atoms with van der Waals surface area (Å²) in [4.78, 5) is 39.1. The third-order valence-corrected chi connectivity index (χ3v) is 6.18. The molecular weight excluding hydrogens is 398 g/mol. The van der Waals surface area contributed by atoms with Crippen LogP contribution >= 0.6 is 22.7 Å². The van der Waals surface area contributed by atoms with Crippen LogP contribution in [0.25, 0.3) is 16.0 Å². The number of fused-ring (bicyclic) bond motifs is 3. The minimum Gasteiger partial charge on any atom is -0.354 e. The van der Waals surface area contributed by atoms with Crippen molar-refractivity contribution in [3.8, 4) is 0 Å². The number of carbonyl (C=O) groups is 1. The number of amides is 1. The molecule has 4 rings (SSSR count). The Labute approximate surface area is 167 Å². The van der Waals surface area contributed by atoms with Crippen LogP contribution in [0.2, 0.25) is 0 Å². The molecule has 1 amide bonds. The van der Waals surface area contributed by atoms with Gasteiger partial charge in [-0.05, 0) is 29.3 Å². The Kier molecular flexibility index (Phi) is 5.14. The molecule has 0 unspecified atom stereocenters. The molecule has 0 radical (unpaired) electrons. The van der Waals surface area contributed by atoms with E-state index < -0.39 is 5.69 Å². The molecule has 10 heteroatoms. The molecule has 0 aliphatic heterocycles. The molecule has 0 spiro atoms. The van der Waals surface area contributed by atoms with Gasteiger partial charge in [-0.1, -0.05) is 19.4 Å². The van der Waals surface area contributed by atoms with Crippen LogP contribution < -0.4 is 16.6 Å². The zero-order chi connectivity index (χ0) is 19.7. The first-order valence-corrected chi connectivity index (χ1v) is 10.7. The number of carbonyl (C=O) groups excluding carboxylic acids is 1. The summed E-state index contributed by atoms with van der Waals surface area (Å²) in [6, 6.07) is 5.58. The van der Waals surface area contributed by atoms with E-state index in [2.05, 4.69) is 10.4 Å². The summed E-state index contributed by atoms with van der Waals surface area (Å²) in [5.74, 6) is -0.0247. The largest absolute Gasteiger partial charge is 0.354 e. The number of thiophene rings is 2. The number of hydrogen-bond acceptors (Lipinski definition) is 6. The molecule has 0 bridgehead atoms. The van der Waals surface area contributed by atoms with Gasteiger partial charge < -0.3 is 5.32 Å². The number of rotatable bonds is 7. The maximum Gasteiger partial charge on any atom is 0.352 e. The van der Waals surface area contributed by atoms with E-state index >= 15 is 0 Å². The van der Waals surface area contributed by atoms with Crippen LogP contribution in [0.1, 0.15) is 24.6 Å². The van der Waals surface area contributed by atoms with E-state index in [4.69, 9.17) is 0 Å². The highest BCUT2D eigenvalue weighted by Crippen LogP contribution is 2.18. The normalized spacial score (nSPS) is 11.5. The molecule has 0 saturated carbocycles. The van der Waals surface area contributed by atoms with Gasteiger partial charge in [0.1, 0.15) is 11.2 Å². The van der Waals surface area contributed by atoms with Gasteiger partial charge in [-0.2, -0.15) is 0 Å². The quantitative estimate of drug-likeness (QED) is 0.465. The van der Waals surface area contributed by atoms with Crippen LogP contribution in [0, 0.1) is 0 Å². The zero-order valence-corrected chi connectivity index (χ0v) is 16.9. The highest BCUT2D eigenvalue weighted by molar-refractivity contribution is 7.17. The van der Waals surface area contributed by atoms with Crippen molar-refractivity contribution in [3.63, 3.8) is 0 Å². The van der Waals surface area contributed by atoms with Crippen molar-refractivity contribution >= 4 is 44.6 Å². The Hall–Kier alpha value is -2.72. The number of nitrogens with one attached hydrogen (secondary N) is 1. The molecule has 0 atom stereocenters. The van der Waals surface area contributed by atoms with E-state index in [1.54, 1.807) is 11.4 Å². The first-order chi connectivity index (χ1) is 13.6. The van der Waals surface area contributed by atoms with Gasteiger partial charge >= 0.3 is 5.69 Å². The van der Waals surface area contributed by atoms with Crippen LogP contribution in [0.5, 0.6) is 0 Å². The lowest BCUT2D eigenvalue weighted by atomic mass is 10.3. The van der Waals surface area contributed by atoms with Gasteiger partial charge in [0.15, 0.2) is 0 Å². The summed E-state index contributed by atoms with van der Waals surface area (Å²) in [7, 11) is 0. The second kappa shape index (κ2) is 7.72. The monoisotopic (exact) mass is 417 g/mol. The standard InChI is InChI=1S/C18H19N5O3S2/c1-2-3-7-19-14(24)11-22-18(26)23-13-6-9-28-15(13)16(25)21(17(23)20-22)10-12-5-4-8-27-12/h4-6,8-9H,2-3,7,10-11H2,1H3,(H,19,24). The van der Waals surface area contributed by atoms with E-state index in [9.17, 15) is 14.4 Å². The molecule has 0 aliphatic rings. The highest BCUT2D eigenvalue weighted by atomic mass is 32.1. The lowest BCUT2D eigenvalue weighted by molar-refractivity contribution is -0.121. The van der Waals surface area contributed by atoms with Gasteiger partial charge in [-0.3, -0.25) is 14.2 Å². The van der Waals surface area contributed by atoms with Gasteiger partial charge in [0.05, 0.1) is 12.1 Å². The molecule has 0 aliphatic carbocycles. The molecular formula is C18H19N5O3S2. The summed E-state index contributed by atoms with van der Waals surface area (Å²) < 4.78 is 4.54. The topological polar surface area (TPSA) is 90.4 Å². The molecule has 8 nitrogen and oxygen atoms in total. The Morgan fingerprint density at radius 3 is 2.82 bits per heavy atom. The van der Waals surface area contributed by atoms with Crippen LogP contribution in [0.3, 0.4) is 0 Å². The lowest BCUT2D eigenvalue weighted by Gasteiger charge is -2.06. The average molecular weight is 418 g/mol. The van der Waals surface area contributed by atoms with Crippen molar-refractivity contribution < 1.29 is 4.79 Å². The molecule has 1 N–H and O–H groups in total. The molecule has 4 aromatic rings. The van der Waals surface area contributed by atoms with Crippen molar-refractivity contribution in [1.82, 2.24) is 24.1 Å². The number of unbranched alkanes of at least 4 members (excludes halogenated alkanes) is 1. The van der Waals surface area contributed by atoms with Crippen LogP contribution in [0.4, 0.5) is 0 Å². The highest BCUT2D eigenvalue weighted by Gasteiger charge is 2.19.